The van der Waals surface area contributed by atoms with Crippen molar-refractivity contribution in [3.63, 3.8) is 0 Å². The average Bonchev–Trinajstić information content (AvgIpc) is 3.33. The Hall–Kier alpha value is -1.60. The Labute approximate surface area is 156 Å². The summed E-state index contributed by atoms with van der Waals surface area (Å²) in [5, 5.41) is 15.6. The van der Waals surface area contributed by atoms with Gasteiger partial charge in [-0.1, -0.05) is 47.4 Å². The van der Waals surface area contributed by atoms with Crippen LogP contribution in [0.1, 0.15) is 49.8 Å². The fourth-order valence-corrected chi connectivity index (χ4v) is 5.10. The van der Waals surface area contributed by atoms with Gasteiger partial charge in [-0.2, -0.15) is 0 Å². The zero-order valence-corrected chi connectivity index (χ0v) is 15.8. The second kappa shape index (κ2) is 7.33. The van der Waals surface area contributed by atoms with E-state index in [0.29, 0.717) is 6.04 Å². The number of carbonyl (C=O) groups excluding carboxylic acids is 1. The molecule has 7 heteroatoms. The Morgan fingerprint density at radius 3 is 2.96 bits per heavy atom. The number of aromatic nitrogens is 2. The van der Waals surface area contributed by atoms with E-state index in [1.165, 1.54) is 47.1 Å². The second-order valence-electron chi connectivity index (χ2n) is 6.70. The Bertz CT molecular complexity index is 759. The third kappa shape index (κ3) is 4.15. The normalized spacial score (nSPS) is 20.6. The molecule has 1 heterocycles. The first kappa shape index (κ1) is 16.8. The van der Waals surface area contributed by atoms with Gasteiger partial charge in [0.05, 0.1) is 11.3 Å². The van der Waals surface area contributed by atoms with E-state index in [9.17, 15) is 4.79 Å². The number of nitrogens with zero attached hydrogens (tertiary/aromatic N) is 2. The maximum atomic E-state index is 12.6. The van der Waals surface area contributed by atoms with Crippen molar-refractivity contribution in [2.24, 2.45) is 0 Å². The molecule has 5 nitrogen and oxygen atoms in total. The average molecular weight is 375 g/mol. The minimum Gasteiger partial charge on any atom is -0.357 e. The number of nitrogens with one attached hydrogen (secondary N) is 2. The molecular formula is C18H22N4OS2. The summed E-state index contributed by atoms with van der Waals surface area (Å²) in [6.45, 7) is 1.93. The number of anilines is 1. The van der Waals surface area contributed by atoms with Crippen LogP contribution in [0.25, 0.3) is 0 Å². The molecule has 2 aliphatic rings. The molecule has 1 amide bonds. The van der Waals surface area contributed by atoms with Gasteiger partial charge in [0.1, 0.15) is 0 Å². The molecule has 0 unspecified atom stereocenters. The summed E-state index contributed by atoms with van der Waals surface area (Å²) in [5.74, 6) is 0.0682. The van der Waals surface area contributed by atoms with Crippen LogP contribution in [0.15, 0.2) is 28.6 Å². The van der Waals surface area contributed by atoms with E-state index in [4.69, 9.17) is 0 Å². The van der Waals surface area contributed by atoms with Crippen molar-refractivity contribution in [1.29, 1.82) is 0 Å². The van der Waals surface area contributed by atoms with Crippen molar-refractivity contribution in [3.8, 4) is 0 Å². The zero-order valence-electron chi connectivity index (χ0n) is 14.2. The minimum atomic E-state index is -0.184. The molecule has 2 N–H and O–H groups in total. The number of carbonyl (C=O) groups is 1. The van der Waals surface area contributed by atoms with E-state index in [-0.39, 0.29) is 17.2 Å². The molecule has 1 aromatic heterocycles. The SMILES string of the molecule is C[C@H](Sc1nnc(NC2CC2)s1)C(=O)N[C@H]1CCCc2ccccc21. The van der Waals surface area contributed by atoms with Crippen molar-refractivity contribution in [1.82, 2.24) is 15.5 Å². The molecular weight excluding hydrogens is 352 g/mol. The summed E-state index contributed by atoms with van der Waals surface area (Å²) >= 11 is 3.01. The van der Waals surface area contributed by atoms with Gasteiger partial charge in [0.15, 0.2) is 4.34 Å². The van der Waals surface area contributed by atoms with E-state index in [1.807, 2.05) is 6.92 Å². The molecule has 4 rings (SSSR count). The summed E-state index contributed by atoms with van der Waals surface area (Å²) < 4.78 is 0.842. The van der Waals surface area contributed by atoms with Gasteiger partial charge in [-0.25, -0.2) is 0 Å². The van der Waals surface area contributed by atoms with E-state index >= 15 is 0 Å². The summed E-state index contributed by atoms with van der Waals surface area (Å²) in [6.07, 6.45) is 5.66. The van der Waals surface area contributed by atoms with Crippen molar-refractivity contribution in [2.75, 3.05) is 5.32 Å². The third-order valence-corrected chi connectivity index (χ3v) is 6.68. The van der Waals surface area contributed by atoms with Crippen LogP contribution in [0.4, 0.5) is 5.13 Å². The predicted molar refractivity (Wildman–Crippen MR) is 102 cm³/mol. The molecule has 1 fully saturated rings. The van der Waals surface area contributed by atoms with Gasteiger partial charge >= 0.3 is 0 Å². The van der Waals surface area contributed by atoms with Crippen LogP contribution in [0.2, 0.25) is 0 Å². The molecule has 2 atom stereocenters. The first-order valence-electron chi connectivity index (χ1n) is 8.84. The predicted octanol–water partition coefficient (Wildman–Crippen LogP) is 3.79. The van der Waals surface area contributed by atoms with E-state index in [2.05, 4.69) is 45.1 Å². The lowest BCUT2D eigenvalue weighted by Gasteiger charge is -2.27. The second-order valence-corrected chi connectivity index (χ2v) is 9.27. The summed E-state index contributed by atoms with van der Waals surface area (Å²) in [6, 6.07) is 9.13. The van der Waals surface area contributed by atoms with Crippen LogP contribution in [0, 0.1) is 0 Å². The fraction of sp³-hybridized carbons (Fsp3) is 0.500. The van der Waals surface area contributed by atoms with Crippen LogP contribution in [0.5, 0.6) is 0 Å². The molecule has 1 saturated carbocycles. The molecule has 0 aliphatic heterocycles. The number of thioether (sulfide) groups is 1. The topological polar surface area (TPSA) is 66.9 Å². The smallest absolute Gasteiger partial charge is 0.233 e. The van der Waals surface area contributed by atoms with Crippen LogP contribution in [0.3, 0.4) is 0 Å². The van der Waals surface area contributed by atoms with Crippen LogP contribution >= 0.6 is 23.1 Å². The number of fused-ring (bicyclic) bond motifs is 1. The van der Waals surface area contributed by atoms with Crippen LogP contribution in [-0.2, 0) is 11.2 Å². The highest BCUT2D eigenvalue weighted by Crippen LogP contribution is 2.33. The van der Waals surface area contributed by atoms with Crippen molar-refractivity contribution >= 4 is 34.1 Å². The van der Waals surface area contributed by atoms with E-state index in [0.717, 1.165) is 28.7 Å². The number of benzene rings is 1. The van der Waals surface area contributed by atoms with Gasteiger partial charge in [-0.3, -0.25) is 4.79 Å². The Balaban J connectivity index is 1.35. The van der Waals surface area contributed by atoms with Crippen LogP contribution in [-0.4, -0.2) is 27.4 Å². The van der Waals surface area contributed by atoms with Crippen molar-refractivity contribution in [2.45, 2.75) is 60.7 Å². The largest absolute Gasteiger partial charge is 0.357 e. The Morgan fingerprint density at radius 1 is 1.28 bits per heavy atom. The number of aryl methyl sites for hydroxylation is 1. The lowest BCUT2D eigenvalue weighted by Crippen LogP contribution is -2.35. The summed E-state index contributed by atoms with van der Waals surface area (Å²) in [7, 11) is 0. The Morgan fingerprint density at radius 2 is 2.12 bits per heavy atom. The maximum absolute atomic E-state index is 12.6. The molecule has 0 spiro atoms. The number of hydrogen-bond acceptors (Lipinski definition) is 6. The first-order valence-corrected chi connectivity index (χ1v) is 10.5. The monoisotopic (exact) mass is 374 g/mol. The number of rotatable bonds is 6. The lowest BCUT2D eigenvalue weighted by molar-refractivity contribution is -0.121. The lowest BCUT2D eigenvalue weighted by atomic mass is 9.88. The zero-order chi connectivity index (χ0) is 17.2. The fourth-order valence-electron chi connectivity index (χ4n) is 3.12. The molecule has 2 aromatic rings. The summed E-state index contributed by atoms with van der Waals surface area (Å²) in [4.78, 5) is 12.6. The van der Waals surface area contributed by atoms with Crippen LogP contribution < -0.4 is 10.6 Å². The van der Waals surface area contributed by atoms with Gasteiger partial charge in [0, 0.05) is 6.04 Å². The third-order valence-electron chi connectivity index (χ3n) is 4.64. The molecule has 1 aromatic carbocycles. The standard InChI is InChI=1S/C18H22N4OS2/c1-11(24-18-22-21-17(25-18)19-13-9-10-13)16(23)20-15-8-4-6-12-5-2-3-7-14(12)15/h2-3,5,7,11,13,15H,4,6,8-10H2,1H3,(H,19,21)(H,20,23)/t11-,15-/m0/s1. The highest BCUT2D eigenvalue weighted by Gasteiger charge is 2.26. The van der Waals surface area contributed by atoms with Gasteiger partial charge < -0.3 is 10.6 Å². The van der Waals surface area contributed by atoms with Gasteiger partial charge in [-0.05, 0) is 50.2 Å². The molecule has 25 heavy (non-hydrogen) atoms. The van der Waals surface area contributed by atoms with Gasteiger partial charge in [0.25, 0.3) is 0 Å². The quantitative estimate of drug-likeness (QED) is 0.753. The maximum Gasteiger partial charge on any atom is 0.233 e. The highest BCUT2D eigenvalue weighted by molar-refractivity contribution is 8.02. The first-order chi connectivity index (χ1) is 12.2. The molecule has 2 aliphatic carbocycles. The Kier molecular flexibility index (Phi) is 4.94. The molecule has 132 valence electrons. The van der Waals surface area contributed by atoms with E-state index in [1.54, 1.807) is 0 Å². The van der Waals surface area contributed by atoms with Gasteiger partial charge in [0.2, 0.25) is 11.0 Å². The van der Waals surface area contributed by atoms with Gasteiger partial charge in [-0.15, -0.1) is 10.2 Å². The van der Waals surface area contributed by atoms with Crippen molar-refractivity contribution < 1.29 is 4.79 Å². The number of hydrogen-bond donors (Lipinski definition) is 2. The highest BCUT2D eigenvalue weighted by atomic mass is 32.2. The molecule has 0 saturated heterocycles. The van der Waals surface area contributed by atoms with E-state index < -0.39 is 0 Å². The number of amides is 1. The molecule has 0 radical (unpaired) electrons. The summed E-state index contributed by atoms with van der Waals surface area (Å²) in [5.41, 5.74) is 2.63. The minimum absolute atomic E-state index is 0.0682. The van der Waals surface area contributed by atoms with Crippen molar-refractivity contribution in [3.05, 3.63) is 35.4 Å². The molecule has 0 bridgehead atoms.